The number of fused-ring (bicyclic) bond motifs is 2. The molecule has 1 aromatic rings. The van der Waals surface area contributed by atoms with Crippen LogP contribution in [0.5, 0.6) is 0 Å². The number of ether oxygens (including phenoxy) is 2. The summed E-state index contributed by atoms with van der Waals surface area (Å²) >= 11 is 0. The number of nitrogens with one attached hydrogen (secondary N) is 1. The van der Waals surface area contributed by atoms with Gasteiger partial charge in [-0.2, -0.15) is 0 Å². The number of hydrogen-bond donors (Lipinski definition) is 1. The van der Waals surface area contributed by atoms with Crippen LogP contribution in [0.2, 0.25) is 0 Å². The zero-order chi connectivity index (χ0) is 17.3. The minimum Gasteiger partial charge on any atom is -0.449 e. The van der Waals surface area contributed by atoms with Crippen LogP contribution in [0.3, 0.4) is 0 Å². The summed E-state index contributed by atoms with van der Waals surface area (Å²) in [5.41, 5.74) is 1.99. The Morgan fingerprint density at radius 2 is 2.00 bits per heavy atom. The lowest BCUT2D eigenvalue weighted by Gasteiger charge is -2.54. The van der Waals surface area contributed by atoms with E-state index in [-0.39, 0.29) is 11.5 Å². The van der Waals surface area contributed by atoms with Crippen molar-refractivity contribution in [2.75, 3.05) is 18.5 Å². The van der Waals surface area contributed by atoms with Gasteiger partial charge in [-0.3, -0.25) is 5.32 Å². The van der Waals surface area contributed by atoms with Gasteiger partial charge in [-0.1, -0.05) is 43.7 Å². The number of amides is 1. The molecule has 1 aliphatic heterocycles. The summed E-state index contributed by atoms with van der Waals surface area (Å²) < 4.78 is 11.7. The Morgan fingerprint density at radius 3 is 2.71 bits per heavy atom. The van der Waals surface area contributed by atoms with Crippen LogP contribution in [0.25, 0.3) is 0 Å². The van der Waals surface area contributed by atoms with Gasteiger partial charge >= 0.3 is 6.09 Å². The van der Waals surface area contributed by atoms with Crippen molar-refractivity contribution in [3.63, 3.8) is 0 Å². The molecule has 2 bridgehead atoms. The Morgan fingerprint density at radius 1 is 1.29 bits per heavy atom. The number of benzene rings is 1. The topological polar surface area (TPSA) is 47.6 Å². The first kappa shape index (κ1) is 17.0. The lowest BCUT2D eigenvalue weighted by atomic mass is 9.56. The molecule has 5 atom stereocenters. The van der Waals surface area contributed by atoms with E-state index in [2.05, 4.69) is 39.1 Å². The summed E-state index contributed by atoms with van der Waals surface area (Å²) in [6.45, 7) is 9.82. The summed E-state index contributed by atoms with van der Waals surface area (Å²) in [6.07, 6.45) is 2.15. The van der Waals surface area contributed by atoms with Gasteiger partial charge in [0.05, 0.1) is 12.7 Å². The van der Waals surface area contributed by atoms with E-state index in [4.69, 9.17) is 9.47 Å². The molecule has 4 nitrogen and oxygen atoms in total. The Labute approximate surface area is 144 Å². The van der Waals surface area contributed by atoms with E-state index < -0.39 is 6.09 Å². The Hall–Kier alpha value is -1.81. The Kier molecular flexibility index (Phi) is 4.68. The molecule has 130 valence electrons. The largest absolute Gasteiger partial charge is 0.449 e. The van der Waals surface area contributed by atoms with Gasteiger partial charge in [-0.05, 0) is 37.8 Å². The maximum Gasteiger partial charge on any atom is 0.411 e. The lowest BCUT2D eigenvalue weighted by molar-refractivity contribution is -0.156. The molecule has 0 saturated carbocycles. The van der Waals surface area contributed by atoms with Crippen molar-refractivity contribution in [3.8, 4) is 0 Å². The van der Waals surface area contributed by atoms with E-state index in [1.807, 2.05) is 30.3 Å². The number of carbonyl (C=O) groups is 1. The SMILES string of the molecule is CC1=C[C@H](C)[C@@]2(COC(=O)Nc3ccccc3)CO[C@H](C)[C@@H]1[C@@H]2C. The van der Waals surface area contributed by atoms with E-state index in [1.165, 1.54) is 5.57 Å². The van der Waals surface area contributed by atoms with Gasteiger partial charge in [-0.15, -0.1) is 0 Å². The van der Waals surface area contributed by atoms with Crippen molar-refractivity contribution in [1.82, 2.24) is 0 Å². The predicted octanol–water partition coefficient (Wildman–Crippen LogP) is 4.49. The number of para-hydroxylation sites is 1. The molecule has 4 heteroatoms. The molecule has 2 aliphatic rings. The predicted molar refractivity (Wildman–Crippen MR) is 94.8 cm³/mol. The molecule has 1 fully saturated rings. The highest BCUT2D eigenvalue weighted by Crippen LogP contribution is 2.52. The zero-order valence-electron chi connectivity index (χ0n) is 14.9. The maximum atomic E-state index is 12.2. The van der Waals surface area contributed by atoms with Crippen molar-refractivity contribution in [2.45, 2.75) is 33.8 Å². The second-order valence-electron chi connectivity index (χ2n) is 7.33. The fraction of sp³-hybridized carbons (Fsp3) is 0.550. The van der Waals surface area contributed by atoms with Crippen molar-refractivity contribution >= 4 is 11.8 Å². The summed E-state index contributed by atoms with van der Waals surface area (Å²) in [5.74, 6) is 1.14. The van der Waals surface area contributed by atoms with E-state index in [1.54, 1.807) is 0 Å². The minimum atomic E-state index is -0.406. The Bertz CT molecular complexity index is 627. The van der Waals surface area contributed by atoms with Crippen LogP contribution < -0.4 is 5.32 Å². The van der Waals surface area contributed by atoms with Gasteiger partial charge in [0.25, 0.3) is 0 Å². The number of allylic oxidation sites excluding steroid dienone is 1. The van der Waals surface area contributed by atoms with Gasteiger partial charge in [0.15, 0.2) is 0 Å². The molecule has 0 spiro atoms. The summed E-state index contributed by atoms with van der Waals surface area (Å²) in [6, 6.07) is 9.37. The fourth-order valence-corrected chi connectivity index (χ4v) is 4.45. The number of anilines is 1. The average Bonchev–Trinajstić information content (AvgIpc) is 2.54. The van der Waals surface area contributed by atoms with Crippen LogP contribution in [0.15, 0.2) is 42.0 Å². The van der Waals surface area contributed by atoms with Gasteiger partial charge in [0.2, 0.25) is 0 Å². The van der Waals surface area contributed by atoms with Crippen LogP contribution in [0, 0.1) is 23.2 Å². The van der Waals surface area contributed by atoms with Crippen LogP contribution in [0.1, 0.15) is 27.7 Å². The molecule has 1 heterocycles. The normalized spacial score (nSPS) is 35.1. The smallest absolute Gasteiger partial charge is 0.411 e. The van der Waals surface area contributed by atoms with Gasteiger partial charge in [0, 0.05) is 17.0 Å². The highest BCUT2D eigenvalue weighted by molar-refractivity contribution is 5.84. The molecule has 1 saturated heterocycles. The maximum absolute atomic E-state index is 12.2. The summed E-state index contributed by atoms with van der Waals surface area (Å²) in [5, 5.41) is 2.78. The molecule has 1 N–H and O–H groups in total. The molecule has 24 heavy (non-hydrogen) atoms. The summed E-state index contributed by atoms with van der Waals surface area (Å²) in [7, 11) is 0. The third kappa shape index (κ3) is 2.95. The molecule has 1 aliphatic carbocycles. The average molecular weight is 329 g/mol. The first-order valence-electron chi connectivity index (χ1n) is 8.73. The number of carbonyl (C=O) groups excluding carboxylic acids is 1. The molecule has 3 rings (SSSR count). The molecule has 0 aromatic heterocycles. The van der Waals surface area contributed by atoms with E-state index >= 15 is 0 Å². The molecule has 0 unspecified atom stereocenters. The quantitative estimate of drug-likeness (QED) is 0.831. The highest BCUT2D eigenvalue weighted by atomic mass is 16.6. The standard InChI is InChI=1S/C20H27NO3/c1-13-10-14(2)20(11-23-16(4)18(13)15(20)3)12-24-19(22)21-17-8-6-5-7-9-17/h5-10,14-16,18H,11-12H2,1-4H3,(H,21,22)/t14-,15-,16+,18-,20-/m0/s1. The second-order valence-corrected chi connectivity index (χ2v) is 7.33. The zero-order valence-corrected chi connectivity index (χ0v) is 14.9. The third-order valence-electron chi connectivity index (χ3n) is 6.00. The van der Waals surface area contributed by atoms with Gasteiger partial charge < -0.3 is 9.47 Å². The van der Waals surface area contributed by atoms with E-state index in [0.29, 0.717) is 31.0 Å². The third-order valence-corrected chi connectivity index (χ3v) is 6.00. The number of hydrogen-bond acceptors (Lipinski definition) is 3. The minimum absolute atomic E-state index is 0.148. The van der Waals surface area contributed by atoms with Gasteiger partial charge in [0.1, 0.15) is 6.61 Å². The van der Waals surface area contributed by atoms with E-state index in [0.717, 1.165) is 5.69 Å². The fourth-order valence-electron chi connectivity index (χ4n) is 4.45. The monoisotopic (exact) mass is 329 g/mol. The van der Waals surface area contributed by atoms with Crippen LogP contribution in [0.4, 0.5) is 10.5 Å². The van der Waals surface area contributed by atoms with Crippen LogP contribution in [-0.4, -0.2) is 25.4 Å². The lowest BCUT2D eigenvalue weighted by Crippen LogP contribution is -2.56. The van der Waals surface area contributed by atoms with Crippen LogP contribution in [-0.2, 0) is 9.47 Å². The van der Waals surface area contributed by atoms with Gasteiger partial charge in [-0.25, -0.2) is 4.79 Å². The molecular formula is C20H27NO3. The van der Waals surface area contributed by atoms with Crippen molar-refractivity contribution in [1.29, 1.82) is 0 Å². The highest BCUT2D eigenvalue weighted by Gasteiger charge is 2.53. The first-order chi connectivity index (χ1) is 11.4. The molecule has 1 amide bonds. The molecular weight excluding hydrogens is 302 g/mol. The second kappa shape index (κ2) is 6.60. The summed E-state index contributed by atoms with van der Waals surface area (Å²) in [4.78, 5) is 12.2. The van der Waals surface area contributed by atoms with E-state index in [9.17, 15) is 4.79 Å². The van der Waals surface area contributed by atoms with Crippen molar-refractivity contribution in [3.05, 3.63) is 42.0 Å². The molecule has 1 aromatic carbocycles. The Balaban J connectivity index is 1.70. The molecule has 0 radical (unpaired) electrons. The van der Waals surface area contributed by atoms with Crippen molar-refractivity contribution in [2.24, 2.45) is 23.2 Å². The van der Waals surface area contributed by atoms with Crippen molar-refractivity contribution < 1.29 is 14.3 Å². The van der Waals surface area contributed by atoms with Crippen LogP contribution >= 0.6 is 0 Å². The first-order valence-corrected chi connectivity index (χ1v) is 8.73. The number of rotatable bonds is 3.